The van der Waals surface area contributed by atoms with Crippen LogP contribution in [-0.2, 0) is 7.05 Å². The van der Waals surface area contributed by atoms with Crippen molar-refractivity contribution >= 4 is 11.6 Å². The van der Waals surface area contributed by atoms with E-state index < -0.39 is 0 Å². The van der Waals surface area contributed by atoms with Gasteiger partial charge in [0.25, 0.3) is 11.5 Å². The average molecular weight is 359 g/mol. The monoisotopic (exact) mass is 359 g/mol. The average Bonchev–Trinajstić information content (AvgIpc) is 2.69. The number of hydrogen-bond acceptors (Lipinski definition) is 7. The highest BCUT2D eigenvalue weighted by atomic mass is 16.5. The van der Waals surface area contributed by atoms with Gasteiger partial charge in [0, 0.05) is 45.4 Å². The van der Waals surface area contributed by atoms with Crippen molar-refractivity contribution < 1.29 is 14.3 Å². The minimum atomic E-state index is -0.157. The molecule has 0 bridgehead atoms. The maximum absolute atomic E-state index is 12.8. The van der Waals surface area contributed by atoms with Crippen molar-refractivity contribution in [3.63, 3.8) is 0 Å². The van der Waals surface area contributed by atoms with Gasteiger partial charge in [0.15, 0.2) is 0 Å². The highest BCUT2D eigenvalue weighted by Gasteiger charge is 2.25. The Morgan fingerprint density at radius 1 is 1.12 bits per heavy atom. The second-order valence-electron chi connectivity index (χ2n) is 5.87. The minimum Gasteiger partial charge on any atom is -0.481 e. The van der Waals surface area contributed by atoms with Crippen molar-refractivity contribution in [2.75, 3.05) is 45.3 Å². The lowest BCUT2D eigenvalue weighted by Crippen LogP contribution is -2.49. The summed E-state index contributed by atoms with van der Waals surface area (Å²) >= 11 is 0. The molecule has 0 saturated carbocycles. The van der Waals surface area contributed by atoms with Gasteiger partial charge in [-0.05, 0) is 6.07 Å². The minimum absolute atomic E-state index is 0.140. The van der Waals surface area contributed by atoms with Gasteiger partial charge in [-0.25, -0.2) is 4.68 Å². The smallest absolute Gasteiger partial charge is 0.268 e. The molecule has 1 aliphatic heterocycles. The summed E-state index contributed by atoms with van der Waals surface area (Å²) in [6, 6.07) is 4.85. The Labute approximate surface area is 150 Å². The fraction of sp³-hybridized carbons (Fsp3) is 0.412. The Morgan fingerprint density at radius 3 is 2.46 bits per heavy atom. The highest BCUT2D eigenvalue weighted by molar-refractivity contribution is 5.96. The summed E-state index contributed by atoms with van der Waals surface area (Å²) in [5.41, 5.74) is 1.01. The second kappa shape index (κ2) is 7.42. The van der Waals surface area contributed by atoms with Crippen LogP contribution in [0.1, 0.15) is 10.4 Å². The van der Waals surface area contributed by atoms with Crippen LogP contribution in [0.3, 0.4) is 0 Å². The maximum atomic E-state index is 12.8. The summed E-state index contributed by atoms with van der Waals surface area (Å²) in [5, 5.41) is 4.04. The number of carbonyl (C=O) groups excluding carboxylic acids is 1. The molecule has 1 amide bonds. The van der Waals surface area contributed by atoms with Gasteiger partial charge in [-0.15, -0.1) is 0 Å². The summed E-state index contributed by atoms with van der Waals surface area (Å²) < 4.78 is 11.6. The van der Waals surface area contributed by atoms with Crippen LogP contribution < -0.4 is 19.9 Å². The van der Waals surface area contributed by atoms with Crippen molar-refractivity contribution in [3.05, 3.63) is 40.3 Å². The lowest BCUT2D eigenvalue weighted by Gasteiger charge is -2.36. The largest absolute Gasteiger partial charge is 0.481 e. The molecule has 0 spiro atoms. The number of aryl methyl sites for hydroxylation is 1. The van der Waals surface area contributed by atoms with E-state index in [1.54, 1.807) is 36.3 Å². The molecule has 3 rings (SSSR count). The molecule has 0 N–H and O–H groups in total. The van der Waals surface area contributed by atoms with E-state index in [9.17, 15) is 9.59 Å². The number of aromatic nitrogens is 3. The number of rotatable bonds is 4. The first-order valence-electron chi connectivity index (χ1n) is 8.20. The zero-order valence-corrected chi connectivity index (χ0v) is 15.0. The van der Waals surface area contributed by atoms with Gasteiger partial charge >= 0.3 is 0 Å². The Hall–Kier alpha value is -3.10. The standard InChI is InChI=1S/C17H21N5O4/c1-20-15(23)10-12(11-18-20)21-6-8-22(9-7-21)17(24)13-4-5-14(25-2)19-16(13)26-3/h4-5,10-11H,6-9H2,1-3H3. The second-order valence-corrected chi connectivity index (χ2v) is 5.87. The number of piperazine rings is 1. The number of nitrogens with zero attached hydrogens (tertiary/aromatic N) is 5. The van der Waals surface area contributed by atoms with Crippen LogP contribution in [0.5, 0.6) is 11.8 Å². The molecule has 26 heavy (non-hydrogen) atoms. The first-order chi connectivity index (χ1) is 12.5. The van der Waals surface area contributed by atoms with E-state index in [1.165, 1.54) is 18.9 Å². The van der Waals surface area contributed by atoms with Crippen molar-refractivity contribution in [1.29, 1.82) is 0 Å². The Balaban J connectivity index is 1.70. The van der Waals surface area contributed by atoms with Crippen LogP contribution in [0.15, 0.2) is 29.2 Å². The van der Waals surface area contributed by atoms with Crippen molar-refractivity contribution in [2.24, 2.45) is 7.05 Å². The van der Waals surface area contributed by atoms with E-state index in [0.717, 1.165) is 5.69 Å². The zero-order valence-electron chi connectivity index (χ0n) is 15.0. The molecule has 0 atom stereocenters. The normalized spacial score (nSPS) is 14.3. The molecule has 1 saturated heterocycles. The van der Waals surface area contributed by atoms with Crippen molar-refractivity contribution in [2.45, 2.75) is 0 Å². The molecule has 9 nitrogen and oxygen atoms in total. The van der Waals surface area contributed by atoms with E-state index in [0.29, 0.717) is 37.6 Å². The maximum Gasteiger partial charge on any atom is 0.268 e. The Bertz CT molecular complexity index is 858. The predicted octanol–water partition coefficient (Wildman–Crippen LogP) is 0.155. The Kier molecular flexibility index (Phi) is 5.06. The number of carbonyl (C=O) groups is 1. The third-order valence-electron chi connectivity index (χ3n) is 4.35. The number of pyridine rings is 1. The molecule has 3 heterocycles. The molecule has 1 fully saturated rings. The summed E-state index contributed by atoms with van der Waals surface area (Å²) in [5.74, 6) is 0.493. The van der Waals surface area contributed by atoms with Crippen LogP contribution in [0.25, 0.3) is 0 Å². The Morgan fingerprint density at radius 2 is 1.85 bits per heavy atom. The fourth-order valence-electron chi connectivity index (χ4n) is 2.83. The molecule has 0 radical (unpaired) electrons. The first-order valence-corrected chi connectivity index (χ1v) is 8.20. The van der Waals surface area contributed by atoms with Crippen LogP contribution in [0, 0.1) is 0 Å². The number of amides is 1. The number of anilines is 1. The fourth-order valence-corrected chi connectivity index (χ4v) is 2.83. The molecule has 9 heteroatoms. The van der Waals surface area contributed by atoms with Gasteiger partial charge in [0.2, 0.25) is 11.8 Å². The lowest BCUT2D eigenvalue weighted by molar-refractivity contribution is 0.0742. The summed E-state index contributed by atoms with van der Waals surface area (Å²) in [6.07, 6.45) is 1.66. The quantitative estimate of drug-likeness (QED) is 0.768. The first kappa shape index (κ1) is 17.7. The SMILES string of the molecule is COc1ccc(C(=O)N2CCN(c3cnn(C)c(=O)c3)CC2)c(OC)n1. The lowest BCUT2D eigenvalue weighted by atomic mass is 10.2. The molecular weight excluding hydrogens is 338 g/mol. The van der Waals surface area contributed by atoms with Crippen LogP contribution >= 0.6 is 0 Å². The van der Waals surface area contributed by atoms with Gasteiger partial charge in [-0.1, -0.05) is 0 Å². The molecule has 1 aliphatic rings. The molecule has 138 valence electrons. The van der Waals surface area contributed by atoms with Gasteiger partial charge in [-0.2, -0.15) is 10.1 Å². The van der Waals surface area contributed by atoms with E-state index in [4.69, 9.17) is 9.47 Å². The van der Waals surface area contributed by atoms with Crippen molar-refractivity contribution in [1.82, 2.24) is 19.7 Å². The van der Waals surface area contributed by atoms with Crippen molar-refractivity contribution in [3.8, 4) is 11.8 Å². The third kappa shape index (κ3) is 3.46. The topological polar surface area (TPSA) is 89.8 Å². The summed E-state index contributed by atoms with van der Waals surface area (Å²) in [6.45, 7) is 2.30. The van der Waals surface area contributed by atoms with Crippen LogP contribution in [0.4, 0.5) is 5.69 Å². The van der Waals surface area contributed by atoms with E-state index in [2.05, 4.69) is 10.1 Å². The molecule has 0 unspecified atom stereocenters. The highest BCUT2D eigenvalue weighted by Crippen LogP contribution is 2.22. The molecule has 0 aromatic carbocycles. The third-order valence-corrected chi connectivity index (χ3v) is 4.35. The number of methoxy groups -OCH3 is 2. The van der Waals surface area contributed by atoms with Crippen LogP contribution in [0.2, 0.25) is 0 Å². The van der Waals surface area contributed by atoms with Gasteiger partial charge in [-0.3, -0.25) is 9.59 Å². The summed E-state index contributed by atoms with van der Waals surface area (Å²) in [4.78, 5) is 32.5. The molecule has 2 aromatic heterocycles. The molecule has 2 aromatic rings. The van der Waals surface area contributed by atoms with Gasteiger partial charge < -0.3 is 19.3 Å². The van der Waals surface area contributed by atoms with E-state index in [1.807, 2.05) is 4.90 Å². The molecular formula is C17H21N5O4. The zero-order chi connectivity index (χ0) is 18.7. The number of ether oxygens (including phenoxy) is 2. The summed E-state index contributed by atoms with van der Waals surface area (Å²) in [7, 11) is 4.59. The predicted molar refractivity (Wildman–Crippen MR) is 94.9 cm³/mol. The molecule has 0 aliphatic carbocycles. The van der Waals surface area contributed by atoms with Gasteiger partial charge in [0.05, 0.1) is 26.1 Å². The number of hydrogen-bond donors (Lipinski definition) is 0. The van der Waals surface area contributed by atoms with E-state index >= 15 is 0 Å². The van der Waals surface area contributed by atoms with Gasteiger partial charge in [0.1, 0.15) is 5.56 Å². The van der Waals surface area contributed by atoms with Crippen LogP contribution in [-0.4, -0.2) is 66.0 Å². The van der Waals surface area contributed by atoms with E-state index in [-0.39, 0.29) is 17.3 Å².